The van der Waals surface area contributed by atoms with Gasteiger partial charge in [-0.25, -0.2) is 4.83 Å². The topological polar surface area (TPSA) is 67.8 Å². The third-order valence-corrected chi connectivity index (χ3v) is 4.32. The number of thiophene rings is 1. The highest BCUT2D eigenvalue weighted by Gasteiger charge is 2.12. The fourth-order valence-electron chi connectivity index (χ4n) is 1.33. The molecule has 0 radical (unpaired) electrons. The fourth-order valence-corrected chi connectivity index (χ4v) is 2.71. The summed E-state index contributed by atoms with van der Waals surface area (Å²) in [7, 11) is -2.12. The highest BCUT2D eigenvalue weighted by molar-refractivity contribution is 7.89. The van der Waals surface area contributed by atoms with Gasteiger partial charge in [-0.15, -0.1) is 11.3 Å². The number of methoxy groups -OCH3 is 1. The van der Waals surface area contributed by atoms with E-state index in [1.165, 1.54) is 36.8 Å². The molecule has 0 bridgehead atoms. The van der Waals surface area contributed by atoms with Crippen LogP contribution in [0.25, 0.3) is 0 Å². The molecule has 0 aliphatic rings. The van der Waals surface area contributed by atoms with Gasteiger partial charge in [0.2, 0.25) is 0 Å². The average Bonchev–Trinajstić information content (AvgIpc) is 2.92. The minimum atomic E-state index is -3.64. The van der Waals surface area contributed by atoms with E-state index in [-0.39, 0.29) is 4.90 Å². The van der Waals surface area contributed by atoms with Crippen LogP contribution < -0.4 is 9.57 Å². The molecule has 2 aromatic rings. The zero-order valence-electron chi connectivity index (χ0n) is 10.1. The summed E-state index contributed by atoms with van der Waals surface area (Å²) in [5.41, 5.74) is 0. The summed E-state index contributed by atoms with van der Waals surface area (Å²) in [5, 5.41) is 5.61. The molecule has 0 atom stereocenters. The smallest absolute Gasteiger partial charge is 0.276 e. The van der Waals surface area contributed by atoms with E-state index in [2.05, 4.69) is 9.93 Å². The van der Waals surface area contributed by atoms with Gasteiger partial charge in [0.1, 0.15) is 5.75 Å². The highest BCUT2D eigenvalue weighted by Crippen LogP contribution is 2.15. The normalized spacial score (nSPS) is 11.6. The molecule has 19 heavy (non-hydrogen) atoms. The van der Waals surface area contributed by atoms with Crippen molar-refractivity contribution in [2.75, 3.05) is 7.11 Å². The van der Waals surface area contributed by atoms with Gasteiger partial charge in [-0.1, -0.05) is 6.07 Å². The summed E-state index contributed by atoms with van der Waals surface area (Å²) < 4.78 is 28.8. The second-order valence-corrected chi connectivity index (χ2v) is 6.18. The molecule has 2 rings (SSSR count). The number of rotatable bonds is 5. The molecule has 0 aliphatic heterocycles. The van der Waals surface area contributed by atoms with Crippen molar-refractivity contribution < 1.29 is 13.2 Å². The van der Waals surface area contributed by atoms with Crippen LogP contribution in [0.5, 0.6) is 5.75 Å². The first-order chi connectivity index (χ1) is 9.12. The van der Waals surface area contributed by atoms with Gasteiger partial charge in [0.15, 0.2) is 0 Å². The van der Waals surface area contributed by atoms with Crippen molar-refractivity contribution in [2.45, 2.75) is 4.90 Å². The van der Waals surface area contributed by atoms with E-state index in [0.717, 1.165) is 4.88 Å². The molecule has 7 heteroatoms. The average molecular weight is 296 g/mol. The molecule has 0 fully saturated rings. The first-order valence-electron chi connectivity index (χ1n) is 5.34. The van der Waals surface area contributed by atoms with Crippen molar-refractivity contribution in [3.8, 4) is 5.75 Å². The number of nitrogens with one attached hydrogen (secondary N) is 1. The van der Waals surface area contributed by atoms with E-state index in [9.17, 15) is 8.42 Å². The monoisotopic (exact) mass is 296 g/mol. The SMILES string of the molecule is COc1ccc(S(=O)(=O)N/N=C\c2cccs2)cc1. The molecular formula is C12H12N2O3S2. The molecule has 100 valence electrons. The molecule has 1 aromatic carbocycles. The summed E-state index contributed by atoms with van der Waals surface area (Å²) >= 11 is 1.47. The molecule has 1 N–H and O–H groups in total. The van der Waals surface area contributed by atoms with Crippen LogP contribution in [0.3, 0.4) is 0 Å². The van der Waals surface area contributed by atoms with Crippen LogP contribution in [-0.4, -0.2) is 21.7 Å². The van der Waals surface area contributed by atoms with Crippen molar-refractivity contribution in [1.82, 2.24) is 4.83 Å². The lowest BCUT2D eigenvalue weighted by Crippen LogP contribution is -2.18. The molecule has 0 saturated heterocycles. The maximum Gasteiger partial charge on any atom is 0.276 e. The predicted octanol–water partition coefficient (Wildman–Crippen LogP) is 2.07. The Kier molecular flexibility index (Phi) is 4.18. The van der Waals surface area contributed by atoms with Crippen molar-refractivity contribution >= 4 is 27.6 Å². The second kappa shape index (κ2) is 5.85. The van der Waals surface area contributed by atoms with Crippen molar-refractivity contribution in [3.05, 3.63) is 46.7 Å². The van der Waals surface area contributed by atoms with Crippen LogP contribution in [0.2, 0.25) is 0 Å². The summed E-state index contributed by atoms with van der Waals surface area (Å²) in [5.74, 6) is 0.598. The van der Waals surface area contributed by atoms with E-state index in [1.54, 1.807) is 12.1 Å². The van der Waals surface area contributed by atoms with Gasteiger partial charge < -0.3 is 4.74 Å². The molecule has 1 heterocycles. The number of hydrazone groups is 1. The quantitative estimate of drug-likeness (QED) is 0.678. The van der Waals surface area contributed by atoms with Crippen molar-refractivity contribution in [2.24, 2.45) is 5.10 Å². The van der Waals surface area contributed by atoms with Gasteiger partial charge in [-0.3, -0.25) is 0 Å². The number of ether oxygens (including phenoxy) is 1. The Morgan fingerprint density at radius 1 is 1.26 bits per heavy atom. The second-order valence-electron chi connectivity index (χ2n) is 3.54. The Bertz CT molecular complexity index is 647. The highest BCUT2D eigenvalue weighted by atomic mass is 32.2. The molecule has 1 aromatic heterocycles. The predicted molar refractivity (Wildman–Crippen MR) is 75.2 cm³/mol. The van der Waals surface area contributed by atoms with E-state index in [0.29, 0.717) is 5.75 Å². The van der Waals surface area contributed by atoms with Gasteiger partial charge >= 0.3 is 0 Å². The lowest BCUT2D eigenvalue weighted by Gasteiger charge is -2.04. The van der Waals surface area contributed by atoms with Crippen LogP contribution in [0.15, 0.2) is 51.8 Å². The first kappa shape index (κ1) is 13.6. The Hall–Kier alpha value is -1.86. The third kappa shape index (κ3) is 3.55. The van der Waals surface area contributed by atoms with Gasteiger partial charge in [-0.05, 0) is 35.7 Å². The molecule has 5 nitrogen and oxygen atoms in total. The van der Waals surface area contributed by atoms with E-state index in [4.69, 9.17) is 4.74 Å². The molecular weight excluding hydrogens is 284 g/mol. The van der Waals surface area contributed by atoms with Crippen LogP contribution in [-0.2, 0) is 10.0 Å². The molecule has 0 aliphatic carbocycles. The number of nitrogens with zero attached hydrogens (tertiary/aromatic N) is 1. The Balaban J connectivity index is 2.09. The zero-order chi connectivity index (χ0) is 13.7. The Morgan fingerprint density at radius 3 is 2.58 bits per heavy atom. The summed E-state index contributed by atoms with van der Waals surface area (Å²) in [6.07, 6.45) is 1.46. The number of sulfonamides is 1. The Morgan fingerprint density at radius 2 is 2.00 bits per heavy atom. The molecule has 0 amide bonds. The van der Waals surface area contributed by atoms with E-state index >= 15 is 0 Å². The van der Waals surface area contributed by atoms with Gasteiger partial charge in [0.05, 0.1) is 18.2 Å². The standard InChI is InChI=1S/C12H12N2O3S2/c1-17-10-4-6-12(7-5-10)19(15,16)14-13-9-11-3-2-8-18-11/h2-9,14H,1H3/b13-9-. The molecule has 0 spiro atoms. The van der Waals surface area contributed by atoms with Crippen LogP contribution >= 0.6 is 11.3 Å². The minimum absolute atomic E-state index is 0.136. The van der Waals surface area contributed by atoms with E-state index in [1.807, 2.05) is 17.5 Å². The van der Waals surface area contributed by atoms with Gasteiger partial charge in [-0.2, -0.15) is 13.5 Å². The first-order valence-corrected chi connectivity index (χ1v) is 7.70. The third-order valence-electron chi connectivity index (χ3n) is 2.28. The van der Waals surface area contributed by atoms with Crippen molar-refractivity contribution in [3.63, 3.8) is 0 Å². The lowest BCUT2D eigenvalue weighted by atomic mass is 10.3. The summed E-state index contributed by atoms with van der Waals surface area (Å²) in [6, 6.07) is 9.79. The van der Waals surface area contributed by atoms with Crippen LogP contribution in [0, 0.1) is 0 Å². The number of benzene rings is 1. The largest absolute Gasteiger partial charge is 0.497 e. The summed E-state index contributed by atoms with van der Waals surface area (Å²) in [6.45, 7) is 0. The Labute approximate surface area is 115 Å². The van der Waals surface area contributed by atoms with Crippen molar-refractivity contribution in [1.29, 1.82) is 0 Å². The minimum Gasteiger partial charge on any atom is -0.497 e. The van der Waals surface area contributed by atoms with Gasteiger partial charge in [0, 0.05) is 4.88 Å². The fraction of sp³-hybridized carbons (Fsp3) is 0.0833. The number of hydrogen-bond donors (Lipinski definition) is 1. The zero-order valence-corrected chi connectivity index (χ0v) is 11.7. The molecule has 0 unspecified atom stereocenters. The van der Waals surface area contributed by atoms with Crippen LogP contribution in [0.1, 0.15) is 4.88 Å². The lowest BCUT2D eigenvalue weighted by molar-refractivity contribution is 0.414. The summed E-state index contributed by atoms with van der Waals surface area (Å²) in [4.78, 5) is 3.17. The van der Waals surface area contributed by atoms with E-state index < -0.39 is 10.0 Å². The molecule has 0 saturated carbocycles. The number of hydrogen-bond acceptors (Lipinski definition) is 5. The van der Waals surface area contributed by atoms with Crippen LogP contribution in [0.4, 0.5) is 0 Å². The maximum atomic E-state index is 11.9. The van der Waals surface area contributed by atoms with Gasteiger partial charge in [0.25, 0.3) is 10.0 Å². The maximum absolute atomic E-state index is 11.9.